The van der Waals surface area contributed by atoms with Gasteiger partial charge >= 0.3 is 0 Å². The standard InChI is InChI=1S/C13H22/c1-2-4-11(3-1)13-8-6-10-5-7-12(13)9-10/h10-13H,1-9H2. The second-order valence-electron chi connectivity index (χ2n) is 5.72. The molecule has 74 valence electrons. The lowest BCUT2D eigenvalue weighted by molar-refractivity contribution is 0.171. The molecule has 0 aromatic heterocycles. The predicted molar refractivity (Wildman–Crippen MR) is 55.5 cm³/mol. The maximum atomic E-state index is 1.61. The minimum atomic E-state index is 1.16. The summed E-state index contributed by atoms with van der Waals surface area (Å²) in [6, 6.07) is 0. The van der Waals surface area contributed by atoms with Crippen LogP contribution in [0.5, 0.6) is 0 Å². The van der Waals surface area contributed by atoms with E-state index in [0.29, 0.717) is 0 Å². The third kappa shape index (κ3) is 1.43. The molecule has 3 fully saturated rings. The molecule has 3 saturated carbocycles. The Labute approximate surface area is 82.1 Å². The van der Waals surface area contributed by atoms with E-state index in [2.05, 4.69) is 0 Å². The van der Waals surface area contributed by atoms with Gasteiger partial charge < -0.3 is 0 Å². The largest absolute Gasteiger partial charge is 0.0530 e. The van der Waals surface area contributed by atoms with Gasteiger partial charge in [0.2, 0.25) is 0 Å². The van der Waals surface area contributed by atoms with Gasteiger partial charge in [0.15, 0.2) is 0 Å². The van der Waals surface area contributed by atoms with Crippen molar-refractivity contribution in [2.45, 2.75) is 57.8 Å². The van der Waals surface area contributed by atoms with Gasteiger partial charge in [-0.2, -0.15) is 0 Å². The van der Waals surface area contributed by atoms with E-state index >= 15 is 0 Å². The Kier molecular flexibility index (Phi) is 2.11. The molecule has 0 saturated heterocycles. The van der Waals surface area contributed by atoms with Crippen molar-refractivity contribution in [1.82, 2.24) is 0 Å². The van der Waals surface area contributed by atoms with Crippen LogP contribution in [-0.2, 0) is 0 Å². The van der Waals surface area contributed by atoms with E-state index < -0.39 is 0 Å². The van der Waals surface area contributed by atoms with Crippen molar-refractivity contribution in [2.24, 2.45) is 23.7 Å². The molecule has 2 bridgehead atoms. The van der Waals surface area contributed by atoms with Crippen LogP contribution in [0.15, 0.2) is 0 Å². The summed E-state index contributed by atoms with van der Waals surface area (Å²) < 4.78 is 0. The molecule has 3 rings (SSSR count). The molecule has 0 heterocycles. The number of fused-ring (bicyclic) bond motifs is 2. The Morgan fingerprint density at radius 3 is 2.23 bits per heavy atom. The molecular weight excluding hydrogens is 156 g/mol. The van der Waals surface area contributed by atoms with Crippen molar-refractivity contribution < 1.29 is 0 Å². The molecule has 13 heavy (non-hydrogen) atoms. The van der Waals surface area contributed by atoms with Gasteiger partial charge in [-0.1, -0.05) is 38.5 Å². The summed E-state index contributed by atoms with van der Waals surface area (Å²) in [5, 5.41) is 0. The van der Waals surface area contributed by atoms with Crippen molar-refractivity contribution in [1.29, 1.82) is 0 Å². The molecule has 0 spiro atoms. The highest BCUT2D eigenvalue weighted by Crippen LogP contribution is 2.50. The van der Waals surface area contributed by atoms with Gasteiger partial charge in [0, 0.05) is 0 Å². The molecule has 3 aliphatic rings. The molecule has 0 amide bonds. The monoisotopic (exact) mass is 178 g/mol. The van der Waals surface area contributed by atoms with E-state index in [1.165, 1.54) is 24.7 Å². The van der Waals surface area contributed by atoms with Crippen molar-refractivity contribution in [2.75, 3.05) is 0 Å². The lowest BCUT2D eigenvalue weighted by Crippen LogP contribution is -2.24. The SMILES string of the molecule is C1CCC(C2CCC3CCC2C3)C1. The fourth-order valence-electron chi connectivity index (χ4n) is 4.43. The Morgan fingerprint density at radius 1 is 0.615 bits per heavy atom. The van der Waals surface area contributed by atoms with Gasteiger partial charge in [-0.05, 0) is 42.9 Å². The topological polar surface area (TPSA) is 0 Å². The van der Waals surface area contributed by atoms with E-state index in [9.17, 15) is 0 Å². The summed E-state index contributed by atoms with van der Waals surface area (Å²) >= 11 is 0. The molecule has 3 aliphatic carbocycles. The van der Waals surface area contributed by atoms with Crippen LogP contribution >= 0.6 is 0 Å². The highest BCUT2D eigenvalue weighted by Gasteiger charge is 2.39. The van der Waals surface area contributed by atoms with Crippen LogP contribution in [0.25, 0.3) is 0 Å². The number of hydrogen-bond donors (Lipinski definition) is 0. The van der Waals surface area contributed by atoms with Crippen molar-refractivity contribution in [3.05, 3.63) is 0 Å². The zero-order chi connectivity index (χ0) is 8.67. The average Bonchev–Trinajstić information content (AvgIpc) is 2.77. The van der Waals surface area contributed by atoms with Crippen LogP contribution in [-0.4, -0.2) is 0 Å². The van der Waals surface area contributed by atoms with E-state index in [4.69, 9.17) is 0 Å². The Bertz CT molecular complexity index is 176. The molecule has 0 radical (unpaired) electrons. The molecule has 3 unspecified atom stereocenters. The van der Waals surface area contributed by atoms with E-state index in [0.717, 1.165) is 11.8 Å². The van der Waals surface area contributed by atoms with Crippen LogP contribution in [0.2, 0.25) is 0 Å². The lowest BCUT2D eigenvalue weighted by atomic mass is 9.72. The van der Waals surface area contributed by atoms with E-state index in [1.807, 2.05) is 0 Å². The van der Waals surface area contributed by atoms with Gasteiger partial charge in [0.1, 0.15) is 0 Å². The van der Waals surface area contributed by atoms with Gasteiger partial charge in [-0.25, -0.2) is 0 Å². The van der Waals surface area contributed by atoms with Crippen LogP contribution in [0.1, 0.15) is 57.8 Å². The minimum Gasteiger partial charge on any atom is -0.0530 e. The summed E-state index contributed by atoms with van der Waals surface area (Å²) in [5.74, 6) is 4.65. The maximum absolute atomic E-state index is 1.61. The van der Waals surface area contributed by atoms with Crippen LogP contribution in [0.3, 0.4) is 0 Å². The predicted octanol–water partition coefficient (Wildman–Crippen LogP) is 4.00. The van der Waals surface area contributed by atoms with Crippen LogP contribution < -0.4 is 0 Å². The highest BCUT2D eigenvalue weighted by molar-refractivity contribution is 4.90. The molecular formula is C13H22. The second-order valence-corrected chi connectivity index (χ2v) is 5.72. The Hall–Kier alpha value is 0. The molecule has 0 heteroatoms. The van der Waals surface area contributed by atoms with Gasteiger partial charge in [0.25, 0.3) is 0 Å². The second kappa shape index (κ2) is 3.29. The van der Waals surface area contributed by atoms with Gasteiger partial charge in [-0.3, -0.25) is 0 Å². The molecule has 0 aromatic carbocycles. The van der Waals surface area contributed by atoms with E-state index in [-0.39, 0.29) is 0 Å². The quantitative estimate of drug-likeness (QED) is 0.569. The summed E-state index contributed by atoms with van der Waals surface area (Å²) in [7, 11) is 0. The maximum Gasteiger partial charge on any atom is -0.0357 e. The number of rotatable bonds is 1. The first-order valence-electron chi connectivity index (χ1n) is 6.43. The first kappa shape index (κ1) is 8.32. The number of hydrogen-bond acceptors (Lipinski definition) is 0. The fraction of sp³-hybridized carbons (Fsp3) is 1.00. The molecule has 0 nitrogen and oxygen atoms in total. The van der Waals surface area contributed by atoms with E-state index in [1.54, 1.807) is 44.9 Å². The van der Waals surface area contributed by atoms with Gasteiger partial charge in [0.05, 0.1) is 0 Å². The molecule has 0 N–H and O–H groups in total. The minimum absolute atomic E-state index is 1.16. The summed E-state index contributed by atoms with van der Waals surface area (Å²) in [6.45, 7) is 0. The van der Waals surface area contributed by atoms with Crippen molar-refractivity contribution in [3.8, 4) is 0 Å². The molecule has 3 atom stereocenters. The third-order valence-electron chi connectivity index (χ3n) is 5.10. The Balaban J connectivity index is 1.69. The first-order chi connectivity index (χ1) is 6.43. The zero-order valence-electron chi connectivity index (χ0n) is 8.67. The normalized spacial score (nSPS) is 45.7. The molecule has 0 aliphatic heterocycles. The van der Waals surface area contributed by atoms with Crippen LogP contribution in [0, 0.1) is 23.7 Å². The lowest BCUT2D eigenvalue weighted by Gasteiger charge is -2.33. The zero-order valence-corrected chi connectivity index (χ0v) is 8.67. The summed E-state index contributed by atoms with van der Waals surface area (Å²) in [4.78, 5) is 0. The summed E-state index contributed by atoms with van der Waals surface area (Å²) in [6.07, 6.45) is 14.2. The van der Waals surface area contributed by atoms with Gasteiger partial charge in [-0.15, -0.1) is 0 Å². The Morgan fingerprint density at radius 2 is 1.38 bits per heavy atom. The first-order valence-corrected chi connectivity index (χ1v) is 6.43. The third-order valence-corrected chi connectivity index (χ3v) is 5.10. The fourth-order valence-corrected chi connectivity index (χ4v) is 4.43. The summed E-state index contributed by atoms with van der Waals surface area (Å²) in [5.41, 5.74) is 0. The van der Waals surface area contributed by atoms with Crippen LogP contribution in [0.4, 0.5) is 0 Å². The smallest absolute Gasteiger partial charge is 0.0357 e. The van der Waals surface area contributed by atoms with Crippen molar-refractivity contribution in [3.63, 3.8) is 0 Å². The van der Waals surface area contributed by atoms with Crippen molar-refractivity contribution >= 4 is 0 Å². The molecule has 0 aromatic rings. The highest BCUT2D eigenvalue weighted by atomic mass is 14.4. The average molecular weight is 178 g/mol.